The Morgan fingerprint density at radius 2 is 2.00 bits per heavy atom. The van der Waals surface area contributed by atoms with Crippen molar-refractivity contribution in [3.63, 3.8) is 0 Å². The topological polar surface area (TPSA) is 45.0 Å². The van der Waals surface area contributed by atoms with E-state index < -0.39 is 0 Å². The van der Waals surface area contributed by atoms with Gasteiger partial charge in [-0.15, -0.1) is 11.8 Å². The first-order valence-corrected chi connectivity index (χ1v) is 7.88. The van der Waals surface area contributed by atoms with E-state index in [1.807, 2.05) is 25.6 Å². The van der Waals surface area contributed by atoms with Crippen LogP contribution in [-0.2, 0) is 11.3 Å². The number of rotatable bonds is 9. The summed E-state index contributed by atoms with van der Waals surface area (Å²) in [6, 6.07) is 10.9. The summed E-state index contributed by atoms with van der Waals surface area (Å²) in [5, 5.41) is 12.3. The highest BCUT2D eigenvalue weighted by Crippen LogP contribution is 2.26. The number of benzene rings is 1. The molecule has 1 aromatic carbocycles. The van der Waals surface area contributed by atoms with Gasteiger partial charge in [-0.05, 0) is 43.7 Å². The number of thioether (sulfide) groups is 1. The lowest BCUT2D eigenvalue weighted by atomic mass is 9.93. The number of hydrogen-bond acceptors (Lipinski definition) is 4. The molecule has 0 atom stereocenters. The van der Waals surface area contributed by atoms with Crippen molar-refractivity contribution >= 4 is 11.8 Å². The van der Waals surface area contributed by atoms with Crippen LogP contribution in [0.4, 0.5) is 0 Å². The number of hydrogen-bond donors (Lipinski definition) is 1. The first-order valence-electron chi connectivity index (χ1n) is 6.90. The van der Waals surface area contributed by atoms with Crippen molar-refractivity contribution in [3.8, 4) is 6.07 Å². The molecule has 1 N–H and O–H groups in total. The fourth-order valence-corrected chi connectivity index (χ4v) is 2.77. The van der Waals surface area contributed by atoms with Gasteiger partial charge in [0.1, 0.15) is 0 Å². The summed E-state index contributed by atoms with van der Waals surface area (Å²) in [5.41, 5.74) is 1.06. The molecule has 110 valence electrons. The van der Waals surface area contributed by atoms with E-state index in [9.17, 15) is 0 Å². The van der Waals surface area contributed by atoms with Crippen molar-refractivity contribution in [1.82, 2.24) is 5.32 Å². The van der Waals surface area contributed by atoms with E-state index >= 15 is 0 Å². The van der Waals surface area contributed by atoms with Gasteiger partial charge in [-0.25, -0.2) is 0 Å². The summed E-state index contributed by atoms with van der Waals surface area (Å²) in [5.74, 6) is 0.978. The minimum absolute atomic E-state index is 0.224. The molecule has 0 aliphatic carbocycles. The predicted molar refractivity (Wildman–Crippen MR) is 84.8 cm³/mol. The standard InChI is InChI=1S/C16H24N2OS/c1-16(2,13-17)8-11-20-15-6-4-14(5-7-15)12-18-9-10-19-3/h4-7,18H,8-12H2,1-3H3. The Kier molecular flexibility index (Phi) is 7.68. The van der Waals surface area contributed by atoms with Crippen molar-refractivity contribution in [3.05, 3.63) is 29.8 Å². The zero-order valence-corrected chi connectivity index (χ0v) is 13.4. The van der Waals surface area contributed by atoms with Crippen molar-refractivity contribution < 1.29 is 4.74 Å². The van der Waals surface area contributed by atoms with E-state index in [1.165, 1.54) is 10.5 Å². The van der Waals surface area contributed by atoms with E-state index in [-0.39, 0.29) is 5.41 Å². The molecule has 0 heterocycles. The lowest BCUT2D eigenvalue weighted by molar-refractivity contribution is 0.199. The van der Waals surface area contributed by atoms with Crippen LogP contribution in [0.2, 0.25) is 0 Å². The summed E-state index contributed by atoms with van der Waals surface area (Å²) in [7, 11) is 1.71. The third kappa shape index (κ3) is 6.95. The van der Waals surface area contributed by atoms with E-state index in [0.717, 1.165) is 31.9 Å². The molecule has 0 unspecified atom stereocenters. The van der Waals surface area contributed by atoms with Gasteiger partial charge >= 0.3 is 0 Å². The van der Waals surface area contributed by atoms with E-state index in [2.05, 4.69) is 35.7 Å². The molecule has 0 aliphatic rings. The Labute approximate surface area is 126 Å². The van der Waals surface area contributed by atoms with Crippen LogP contribution in [0.3, 0.4) is 0 Å². The van der Waals surface area contributed by atoms with Crippen LogP contribution >= 0.6 is 11.8 Å². The number of methoxy groups -OCH3 is 1. The third-order valence-electron chi connectivity index (χ3n) is 3.03. The first-order chi connectivity index (χ1) is 9.57. The number of ether oxygens (including phenoxy) is 1. The molecule has 0 bridgehead atoms. The fourth-order valence-electron chi connectivity index (χ4n) is 1.59. The van der Waals surface area contributed by atoms with E-state index in [4.69, 9.17) is 10.00 Å². The van der Waals surface area contributed by atoms with E-state index in [0.29, 0.717) is 0 Å². The molecule has 0 aliphatic heterocycles. The molecule has 1 rings (SSSR count). The Morgan fingerprint density at radius 1 is 1.30 bits per heavy atom. The zero-order chi connectivity index (χ0) is 14.8. The summed E-state index contributed by atoms with van der Waals surface area (Å²) < 4.78 is 4.99. The molecule has 20 heavy (non-hydrogen) atoms. The Morgan fingerprint density at radius 3 is 2.60 bits per heavy atom. The van der Waals surface area contributed by atoms with E-state index in [1.54, 1.807) is 7.11 Å². The lowest BCUT2D eigenvalue weighted by Gasteiger charge is -2.14. The molecule has 4 heteroatoms. The van der Waals surface area contributed by atoms with Gasteiger partial charge in [0.05, 0.1) is 18.1 Å². The number of nitrogens with zero attached hydrogens (tertiary/aromatic N) is 1. The van der Waals surface area contributed by atoms with Crippen LogP contribution in [0, 0.1) is 16.7 Å². The highest BCUT2D eigenvalue weighted by Gasteiger charge is 2.15. The van der Waals surface area contributed by atoms with Gasteiger partial charge in [0.2, 0.25) is 0 Å². The molecule has 0 spiro atoms. The smallest absolute Gasteiger partial charge is 0.0684 e. The summed E-state index contributed by atoms with van der Waals surface area (Å²) in [6.07, 6.45) is 0.911. The molecule has 0 saturated heterocycles. The van der Waals surface area contributed by atoms with Gasteiger partial charge in [0.25, 0.3) is 0 Å². The minimum Gasteiger partial charge on any atom is -0.383 e. The molecular formula is C16H24N2OS. The van der Waals surface area contributed by atoms with Gasteiger partial charge in [-0.3, -0.25) is 0 Å². The zero-order valence-electron chi connectivity index (χ0n) is 12.6. The van der Waals surface area contributed by atoms with Crippen molar-refractivity contribution in [2.75, 3.05) is 26.0 Å². The van der Waals surface area contributed by atoms with Gasteiger partial charge in [0.15, 0.2) is 0 Å². The summed E-state index contributed by atoms with van der Waals surface area (Å²) in [6.45, 7) is 6.46. The highest BCUT2D eigenvalue weighted by molar-refractivity contribution is 7.99. The van der Waals surface area contributed by atoms with Crippen LogP contribution in [0.15, 0.2) is 29.2 Å². The normalized spacial score (nSPS) is 11.3. The van der Waals surface area contributed by atoms with Crippen LogP contribution in [0.5, 0.6) is 0 Å². The second-order valence-corrected chi connectivity index (χ2v) is 6.58. The van der Waals surface area contributed by atoms with Crippen LogP contribution < -0.4 is 5.32 Å². The number of nitriles is 1. The van der Waals surface area contributed by atoms with Gasteiger partial charge in [-0.1, -0.05) is 12.1 Å². The highest BCUT2D eigenvalue weighted by atomic mass is 32.2. The number of nitrogens with one attached hydrogen (secondary N) is 1. The molecule has 0 fully saturated rings. The second-order valence-electron chi connectivity index (χ2n) is 5.41. The molecular weight excluding hydrogens is 268 g/mol. The Balaban J connectivity index is 2.30. The van der Waals surface area contributed by atoms with Gasteiger partial charge in [-0.2, -0.15) is 5.26 Å². The average Bonchev–Trinajstić information content (AvgIpc) is 2.45. The maximum Gasteiger partial charge on any atom is 0.0684 e. The minimum atomic E-state index is -0.224. The largest absolute Gasteiger partial charge is 0.383 e. The van der Waals surface area contributed by atoms with Crippen molar-refractivity contribution in [2.45, 2.75) is 31.7 Å². The molecule has 1 aromatic rings. The van der Waals surface area contributed by atoms with Gasteiger partial charge in [0, 0.05) is 25.1 Å². The molecule has 0 aromatic heterocycles. The molecule has 0 saturated carbocycles. The maximum atomic E-state index is 8.97. The predicted octanol–water partition coefficient (Wildman–Crippen LogP) is 3.45. The SMILES string of the molecule is COCCNCc1ccc(SCCC(C)(C)C#N)cc1. The molecule has 3 nitrogen and oxygen atoms in total. The molecule has 0 amide bonds. The lowest BCUT2D eigenvalue weighted by Crippen LogP contribution is -2.18. The van der Waals surface area contributed by atoms with Crippen molar-refractivity contribution in [2.24, 2.45) is 5.41 Å². The average molecular weight is 292 g/mol. The second kappa shape index (κ2) is 9.02. The summed E-state index contributed by atoms with van der Waals surface area (Å²) in [4.78, 5) is 1.26. The van der Waals surface area contributed by atoms with Gasteiger partial charge < -0.3 is 10.1 Å². The maximum absolute atomic E-state index is 8.97. The molecule has 0 radical (unpaired) electrons. The van der Waals surface area contributed by atoms with Crippen LogP contribution in [0.25, 0.3) is 0 Å². The quantitative estimate of drug-likeness (QED) is 0.559. The van der Waals surface area contributed by atoms with Crippen molar-refractivity contribution in [1.29, 1.82) is 5.26 Å². The third-order valence-corrected chi connectivity index (χ3v) is 4.05. The fraction of sp³-hybridized carbons (Fsp3) is 0.562. The Hall–Kier alpha value is -1.02. The van der Waals surface area contributed by atoms with Crippen LogP contribution in [-0.4, -0.2) is 26.0 Å². The van der Waals surface area contributed by atoms with Crippen LogP contribution in [0.1, 0.15) is 25.8 Å². The summed E-state index contributed by atoms with van der Waals surface area (Å²) >= 11 is 1.81. The first kappa shape index (κ1) is 17.0. The Bertz CT molecular complexity index is 423. The monoisotopic (exact) mass is 292 g/mol.